The van der Waals surface area contributed by atoms with E-state index in [1.54, 1.807) is 0 Å². The molecule has 0 aromatic carbocycles. The SMILES string of the molecule is C=CCCC(CC)NCC1CCCN(C)C1. The molecule has 0 radical (unpaired) electrons. The highest BCUT2D eigenvalue weighted by atomic mass is 15.1. The lowest BCUT2D eigenvalue weighted by Crippen LogP contribution is -2.40. The second kappa shape index (κ2) is 7.86. The summed E-state index contributed by atoms with van der Waals surface area (Å²) in [7, 11) is 2.24. The van der Waals surface area contributed by atoms with Crippen LogP contribution in [0.3, 0.4) is 0 Å². The third-order valence-corrected chi connectivity index (χ3v) is 3.63. The molecule has 1 N–H and O–H groups in total. The fourth-order valence-corrected chi connectivity index (χ4v) is 2.54. The maximum atomic E-state index is 3.79. The van der Waals surface area contributed by atoms with Crippen LogP contribution in [0.5, 0.6) is 0 Å². The highest BCUT2D eigenvalue weighted by molar-refractivity contribution is 4.77. The number of nitrogens with zero attached hydrogens (tertiary/aromatic N) is 1. The van der Waals surface area contributed by atoms with Crippen LogP contribution in [0, 0.1) is 5.92 Å². The number of hydrogen-bond acceptors (Lipinski definition) is 2. The molecule has 0 saturated carbocycles. The molecule has 0 aliphatic carbocycles. The van der Waals surface area contributed by atoms with E-state index in [1.807, 2.05) is 6.08 Å². The lowest BCUT2D eigenvalue weighted by molar-refractivity contribution is 0.201. The van der Waals surface area contributed by atoms with E-state index in [1.165, 1.54) is 45.3 Å². The number of nitrogens with one attached hydrogen (secondary N) is 1. The van der Waals surface area contributed by atoms with Crippen LogP contribution in [0.1, 0.15) is 39.0 Å². The van der Waals surface area contributed by atoms with Crippen molar-refractivity contribution in [1.29, 1.82) is 0 Å². The molecule has 0 aromatic heterocycles. The maximum absolute atomic E-state index is 3.79. The third-order valence-electron chi connectivity index (χ3n) is 3.63. The van der Waals surface area contributed by atoms with E-state index in [0.717, 1.165) is 12.3 Å². The lowest BCUT2D eigenvalue weighted by atomic mass is 9.97. The van der Waals surface area contributed by atoms with Crippen molar-refractivity contribution in [3.63, 3.8) is 0 Å². The Hall–Kier alpha value is -0.340. The molecular weight excluding hydrogens is 196 g/mol. The van der Waals surface area contributed by atoms with Gasteiger partial charge in [-0.3, -0.25) is 0 Å². The van der Waals surface area contributed by atoms with Gasteiger partial charge in [-0.05, 0) is 58.2 Å². The summed E-state index contributed by atoms with van der Waals surface area (Å²) in [4.78, 5) is 2.46. The van der Waals surface area contributed by atoms with Crippen molar-refractivity contribution in [3.05, 3.63) is 12.7 Å². The number of hydrogen-bond donors (Lipinski definition) is 1. The van der Waals surface area contributed by atoms with E-state index in [2.05, 4.69) is 30.8 Å². The van der Waals surface area contributed by atoms with Gasteiger partial charge in [0.05, 0.1) is 0 Å². The number of likely N-dealkylation sites (tertiary alicyclic amines) is 1. The maximum Gasteiger partial charge on any atom is 0.00675 e. The van der Waals surface area contributed by atoms with Gasteiger partial charge < -0.3 is 10.2 Å². The Morgan fingerprint density at radius 2 is 2.38 bits per heavy atom. The van der Waals surface area contributed by atoms with Crippen molar-refractivity contribution >= 4 is 0 Å². The predicted molar refractivity (Wildman–Crippen MR) is 71.7 cm³/mol. The molecule has 1 heterocycles. The molecule has 16 heavy (non-hydrogen) atoms. The first kappa shape index (κ1) is 13.7. The molecule has 94 valence electrons. The molecule has 1 saturated heterocycles. The van der Waals surface area contributed by atoms with Crippen LogP contribution in [0.4, 0.5) is 0 Å². The summed E-state index contributed by atoms with van der Waals surface area (Å²) in [6.07, 6.45) is 8.40. The zero-order valence-electron chi connectivity index (χ0n) is 11.0. The van der Waals surface area contributed by atoms with Gasteiger partial charge >= 0.3 is 0 Å². The summed E-state index contributed by atoms with van der Waals surface area (Å²) in [5, 5.41) is 3.72. The Bertz CT molecular complexity index is 191. The normalized spacial score (nSPS) is 24.2. The zero-order valence-corrected chi connectivity index (χ0v) is 11.0. The van der Waals surface area contributed by atoms with Gasteiger partial charge in [0.2, 0.25) is 0 Å². The lowest BCUT2D eigenvalue weighted by Gasteiger charge is -2.31. The molecule has 2 atom stereocenters. The molecule has 0 amide bonds. The molecule has 0 spiro atoms. The minimum atomic E-state index is 0.685. The Morgan fingerprint density at radius 1 is 1.56 bits per heavy atom. The van der Waals surface area contributed by atoms with Crippen LogP contribution < -0.4 is 5.32 Å². The topological polar surface area (TPSA) is 15.3 Å². The largest absolute Gasteiger partial charge is 0.314 e. The van der Waals surface area contributed by atoms with Crippen LogP contribution >= 0.6 is 0 Å². The summed E-state index contributed by atoms with van der Waals surface area (Å²) in [5.41, 5.74) is 0. The van der Waals surface area contributed by atoms with Crippen molar-refractivity contribution in [3.8, 4) is 0 Å². The van der Waals surface area contributed by atoms with Gasteiger partial charge in [0.15, 0.2) is 0 Å². The van der Waals surface area contributed by atoms with Crippen LogP contribution in [0.15, 0.2) is 12.7 Å². The highest BCUT2D eigenvalue weighted by Crippen LogP contribution is 2.14. The van der Waals surface area contributed by atoms with Gasteiger partial charge in [-0.25, -0.2) is 0 Å². The van der Waals surface area contributed by atoms with Crippen molar-refractivity contribution in [2.45, 2.75) is 45.1 Å². The van der Waals surface area contributed by atoms with E-state index >= 15 is 0 Å². The smallest absolute Gasteiger partial charge is 0.00675 e. The standard InChI is InChI=1S/C14H28N2/c1-4-6-9-14(5-2)15-11-13-8-7-10-16(3)12-13/h4,13-15H,1,5-12H2,2-3H3. The first-order valence-corrected chi connectivity index (χ1v) is 6.79. The van der Waals surface area contributed by atoms with Crippen molar-refractivity contribution in [2.75, 3.05) is 26.7 Å². The summed E-state index contributed by atoms with van der Waals surface area (Å²) in [6, 6.07) is 0.685. The second-order valence-electron chi connectivity index (χ2n) is 5.15. The fraction of sp³-hybridized carbons (Fsp3) is 0.857. The molecular formula is C14H28N2. The fourth-order valence-electron chi connectivity index (χ4n) is 2.54. The van der Waals surface area contributed by atoms with Crippen LogP contribution in [-0.2, 0) is 0 Å². The van der Waals surface area contributed by atoms with Gasteiger partial charge in [0.25, 0.3) is 0 Å². The quantitative estimate of drug-likeness (QED) is 0.669. The minimum Gasteiger partial charge on any atom is -0.314 e. The second-order valence-corrected chi connectivity index (χ2v) is 5.15. The zero-order chi connectivity index (χ0) is 11.8. The first-order chi connectivity index (χ1) is 7.76. The summed E-state index contributed by atoms with van der Waals surface area (Å²) in [5.74, 6) is 0.858. The van der Waals surface area contributed by atoms with Crippen LogP contribution in [0.25, 0.3) is 0 Å². The molecule has 1 aliphatic heterocycles. The number of allylic oxidation sites excluding steroid dienone is 1. The molecule has 2 nitrogen and oxygen atoms in total. The Kier molecular flexibility index (Phi) is 6.74. The first-order valence-electron chi connectivity index (χ1n) is 6.79. The van der Waals surface area contributed by atoms with Crippen molar-refractivity contribution in [1.82, 2.24) is 10.2 Å². The molecule has 1 fully saturated rings. The third kappa shape index (κ3) is 5.13. The highest BCUT2D eigenvalue weighted by Gasteiger charge is 2.17. The number of rotatable bonds is 7. The molecule has 1 aliphatic rings. The molecule has 0 aromatic rings. The van der Waals surface area contributed by atoms with Gasteiger partial charge in [-0.2, -0.15) is 0 Å². The summed E-state index contributed by atoms with van der Waals surface area (Å²) >= 11 is 0. The number of piperidine rings is 1. The summed E-state index contributed by atoms with van der Waals surface area (Å²) in [6.45, 7) is 9.81. The molecule has 0 bridgehead atoms. The predicted octanol–water partition coefficient (Wildman–Crippen LogP) is 2.66. The Morgan fingerprint density at radius 3 is 3.00 bits per heavy atom. The van der Waals surface area contributed by atoms with Gasteiger partial charge in [0, 0.05) is 12.6 Å². The molecule has 1 rings (SSSR count). The summed E-state index contributed by atoms with van der Waals surface area (Å²) < 4.78 is 0. The Labute approximate surface area is 101 Å². The molecule has 2 unspecified atom stereocenters. The van der Waals surface area contributed by atoms with Gasteiger partial charge in [0.1, 0.15) is 0 Å². The Balaban J connectivity index is 2.17. The van der Waals surface area contributed by atoms with Gasteiger partial charge in [-0.1, -0.05) is 13.0 Å². The van der Waals surface area contributed by atoms with Crippen molar-refractivity contribution in [2.24, 2.45) is 5.92 Å². The van der Waals surface area contributed by atoms with E-state index < -0.39 is 0 Å². The average molecular weight is 224 g/mol. The van der Waals surface area contributed by atoms with E-state index in [9.17, 15) is 0 Å². The monoisotopic (exact) mass is 224 g/mol. The van der Waals surface area contributed by atoms with Crippen molar-refractivity contribution < 1.29 is 0 Å². The van der Waals surface area contributed by atoms with Gasteiger partial charge in [-0.15, -0.1) is 6.58 Å². The van der Waals surface area contributed by atoms with Crippen LogP contribution in [-0.4, -0.2) is 37.6 Å². The minimum absolute atomic E-state index is 0.685. The average Bonchev–Trinajstić information content (AvgIpc) is 2.29. The molecule has 2 heteroatoms. The van der Waals surface area contributed by atoms with E-state index in [0.29, 0.717) is 6.04 Å². The van der Waals surface area contributed by atoms with E-state index in [4.69, 9.17) is 0 Å². The van der Waals surface area contributed by atoms with E-state index in [-0.39, 0.29) is 0 Å². The van der Waals surface area contributed by atoms with Crippen LogP contribution in [0.2, 0.25) is 0 Å².